The smallest absolute Gasteiger partial charge is 0.294 e. The first-order valence-electron chi connectivity index (χ1n) is 5.19. The quantitative estimate of drug-likeness (QED) is 0.928. The van der Waals surface area contributed by atoms with Gasteiger partial charge in [-0.2, -0.15) is 0 Å². The van der Waals surface area contributed by atoms with Crippen molar-refractivity contribution in [2.45, 2.75) is 6.92 Å². The second-order valence-electron chi connectivity index (χ2n) is 3.60. The molecule has 1 N–H and O–H groups in total. The van der Waals surface area contributed by atoms with E-state index in [4.69, 9.17) is 20.9 Å². The van der Waals surface area contributed by atoms with E-state index in [0.29, 0.717) is 10.7 Å². The van der Waals surface area contributed by atoms with Crippen molar-refractivity contribution >= 4 is 23.2 Å². The molecule has 0 unspecified atom stereocenters. The maximum atomic E-state index is 11.9. The van der Waals surface area contributed by atoms with Gasteiger partial charge in [0.1, 0.15) is 0 Å². The average Bonchev–Trinajstić information content (AvgIpc) is 2.83. The van der Waals surface area contributed by atoms with E-state index in [1.165, 1.54) is 13.2 Å². The molecule has 0 saturated heterocycles. The summed E-state index contributed by atoms with van der Waals surface area (Å²) in [5, 5.41) is 6.83. The Morgan fingerprint density at radius 2 is 2.28 bits per heavy atom. The molecule has 5 nitrogen and oxygen atoms in total. The SMILES string of the molecule is COc1cc(C(=O)Nc2cccc(Cl)c2C)on1. The van der Waals surface area contributed by atoms with Crippen molar-refractivity contribution in [3.05, 3.63) is 40.6 Å². The van der Waals surface area contributed by atoms with Crippen LogP contribution in [0.15, 0.2) is 28.8 Å². The Balaban J connectivity index is 2.18. The lowest BCUT2D eigenvalue weighted by atomic mass is 10.2. The highest BCUT2D eigenvalue weighted by molar-refractivity contribution is 6.31. The molecule has 0 atom stereocenters. The molecular formula is C12H11ClN2O3. The standard InChI is InChI=1S/C12H11ClN2O3/c1-7-8(13)4-3-5-9(7)14-12(16)10-6-11(17-2)15-18-10/h3-6H,1-2H3,(H,14,16). The van der Waals surface area contributed by atoms with Crippen molar-refractivity contribution in [2.24, 2.45) is 0 Å². The van der Waals surface area contributed by atoms with Gasteiger partial charge >= 0.3 is 0 Å². The van der Waals surface area contributed by atoms with E-state index >= 15 is 0 Å². The van der Waals surface area contributed by atoms with Crippen molar-refractivity contribution in [3.63, 3.8) is 0 Å². The number of anilines is 1. The number of benzene rings is 1. The molecule has 0 radical (unpaired) electrons. The van der Waals surface area contributed by atoms with E-state index in [9.17, 15) is 4.79 Å². The lowest BCUT2D eigenvalue weighted by Gasteiger charge is -2.07. The molecule has 0 aliphatic heterocycles. The number of ether oxygens (including phenoxy) is 1. The van der Waals surface area contributed by atoms with Gasteiger partial charge in [0.05, 0.1) is 13.2 Å². The van der Waals surface area contributed by atoms with Gasteiger partial charge in [-0.1, -0.05) is 17.7 Å². The summed E-state index contributed by atoms with van der Waals surface area (Å²) in [5.41, 5.74) is 1.42. The summed E-state index contributed by atoms with van der Waals surface area (Å²) in [6.45, 7) is 1.82. The summed E-state index contributed by atoms with van der Waals surface area (Å²) in [7, 11) is 1.45. The van der Waals surface area contributed by atoms with Crippen LogP contribution in [0, 0.1) is 6.92 Å². The van der Waals surface area contributed by atoms with Crippen molar-refractivity contribution in [1.82, 2.24) is 5.16 Å². The van der Waals surface area contributed by atoms with Crippen LogP contribution in [-0.4, -0.2) is 18.2 Å². The number of carbonyl (C=O) groups excluding carboxylic acids is 1. The second kappa shape index (κ2) is 5.10. The first-order valence-corrected chi connectivity index (χ1v) is 5.57. The Labute approximate surface area is 109 Å². The first kappa shape index (κ1) is 12.4. The highest BCUT2D eigenvalue weighted by atomic mass is 35.5. The Kier molecular flexibility index (Phi) is 3.53. The van der Waals surface area contributed by atoms with Crippen LogP contribution < -0.4 is 10.1 Å². The van der Waals surface area contributed by atoms with E-state index in [1.54, 1.807) is 18.2 Å². The number of halogens is 1. The Bertz CT molecular complexity index is 580. The zero-order chi connectivity index (χ0) is 13.1. The highest BCUT2D eigenvalue weighted by Gasteiger charge is 2.14. The zero-order valence-corrected chi connectivity index (χ0v) is 10.6. The molecule has 0 aliphatic carbocycles. The van der Waals surface area contributed by atoms with Crippen LogP contribution in [-0.2, 0) is 0 Å². The maximum absolute atomic E-state index is 11.9. The number of aromatic nitrogens is 1. The summed E-state index contributed by atoms with van der Waals surface area (Å²) >= 11 is 5.96. The van der Waals surface area contributed by atoms with Crippen molar-refractivity contribution in [3.8, 4) is 5.88 Å². The number of nitrogens with zero attached hydrogens (tertiary/aromatic N) is 1. The third kappa shape index (κ3) is 2.46. The normalized spacial score (nSPS) is 10.2. The predicted molar refractivity (Wildman–Crippen MR) is 67.2 cm³/mol. The summed E-state index contributed by atoms with van der Waals surface area (Å²) in [6.07, 6.45) is 0. The fourth-order valence-corrected chi connectivity index (χ4v) is 1.56. The van der Waals surface area contributed by atoms with Gasteiger partial charge in [-0.05, 0) is 29.8 Å². The highest BCUT2D eigenvalue weighted by Crippen LogP contribution is 2.23. The molecule has 1 aromatic carbocycles. The number of nitrogens with one attached hydrogen (secondary N) is 1. The van der Waals surface area contributed by atoms with Crippen LogP contribution in [0.3, 0.4) is 0 Å². The van der Waals surface area contributed by atoms with Crippen LogP contribution in [0.2, 0.25) is 5.02 Å². The van der Waals surface area contributed by atoms with Crippen molar-refractivity contribution < 1.29 is 14.1 Å². The van der Waals surface area contributed by atoms with E-state index in [2.05, 4.69) is 10.5 Å². The third-order valence-electron chi connectivity index (χ3n) is 2.44. The maximum Gasteiger partial charge on any atom is 0.294 e. The number of methoxy groups -OCH3 is 1. The molecule has 0 fully saturated rings. The van der Waals surface area contributed by atoms with Crippen LogP contribution in [0.4, 0.5) is 5.69 Å². The molecular weight excluding hydrogens is 256 g/mol. The number of carbonyl (C=O) groups is 1. The van der Waals surface area contributed by atoms with Gasteiger partial charge < -0.3 is 14.6 Å². The zero-order valence-electron chi connectivity index (χ0n) is 9.86. The molecule has 1 aromatic heterocycles. The van der Waals surface area contributed by atoms with Gasteiger partial charge in [-0.3, -0.25) is 4.79 Å². The average molecular weight is 267 g/mol. The van der Waals surface area contributed by atoms with Crippen LogP contribution in [0.5, 0.6) is 5.88 Å². The van der Waals surface area contributed by atoms with Gasteiger partial charge in [0.15, 0.2) is 0 Å². The molecule has 0 bridgehead atoms. The minimum atomic E-state index is -0.406. The molecule has 6 heteroatoms. The first-order chi connectivity index (χ1) is 8.61. The van der Waals surface area contributed by atoms with Gasteiger partial charge in [0.25, 0.3) is 11.8 Å². The molecule has 2 aromatic rings. The van der Waals surface area contributed by atoms with Crippen molar-refractivity contribution in [2.75, 3.05) is 12.4 Å². The van der Waals surface area contributed by atoms with Crippen LogP contribution >= 0.6 is 11.6 Å². The van der Waals surface area contributed by atoms with E-state index in [-0.39, 0.29) is 11.6 Å². The molecule has 1 amide bonds. The van der Waals surface area contributed by atoms with Crippen LogP contribution in [0.25, 0.3) is 0 Å². The van der Waals surface area contributed by atoms with Crippen LogP contribution in [0.1, 0.15) is 16.1 Å². The number of hydrogen-bond acceptors (Lipinski definition) is 4. The lowest BCUT2D eigenvalue weighted by molar-refractivity contribution is 0.0987. The molecule has 18 heavy (non-hydrogen) atoms. The van der Waals surface area contributed by atoms with Gasteiger partial charge in [-0.15, -0.1) is 0 Å². The number of rotatable bonds is 3. The minimum Gasteiger partial charge on any atom is -0.479 e. The number of hydrogen-bond donors (Lipinski definition) is 1. The third-order valence-corrected chi connectivity index (χ3v) is 2.85. The van der Waals surface area contributed by atoms with Gasteiger partial charge in [0, 0.05) is 10.7 Å². The van der Waals surface area contributed by atoms with Gasteiger partial charge in [-0.25, -0.2) is 0 Å². The fourth-order valence-electron chi connectivity index (χ4n) is 1.39. The summed E-state index contributed by atoms with van der Waals surface area (Å²) in [5.74, 6) is -0.0784. The monoisotopic (exact) mass is 266 g/mol. The largest absolute Gasteiger partial charge is 0.479 e. The van der Waals surface area contributed by atoms with E-state index < -0.39 is 5.91 Å². The Morgan fingerprint density at radius 1 is 1.50 bits per heavy atom. The van der Waals surface area contributed by atoms with Gasteiger partial charge in [0.2, 0.25) is 5.76 Å². The number of amides is 1. The molecule has 0 aliphatic rings. The second-order valence-corrected chi connectivity index (χ2v) is 4.01. The Morgan fingerprint density at radius 3 is 2.94 bits per heavy atom. The molecule has 2 rings (SSSR count). The van der Waals surface area contributed by atoms with Crippen molar-refractivity contribution in [1.29, 1.82) is 0 Å². The summed E-state index contributed by atoms with van der Waals surface area (Å²) in [6, 6.07) is 6.68. The predicted octanol–water partition coefficient (Wildman–Crippen LogP) is 2.90. The molecule has 0 saturated carbocycles. The summed E-state index contributed by atoms with van der Waals surface area (Å²) < 4.78 is 9.67. The minimum absolute atomic E-state index is 0.0752. The topological polar surface area (TPSA) is 64.4 Å². The molecule has 0 spiro atoms. The lowest BCUT2D eigenvalue weighted by Crippen LogP contribution is -2.11. The van der Waals surface area contributed by atoms with E-state index in [0.717, 1.165) is 5.56 Å². The molecule has 94 valence electrons. The Hall–Kier alpha value is -2.01. The summed E-state index contributed by atoms with van der Waals surface area (Å²) in [4.78, 5) is 11.9. The molecule has 1 heterocycles. The fraction of sp³-hybridized carbons (Fsp3) is 0.167. The van der Waals surface area contributed by atoms with E-state index in [1.807, 2.05) is 6.92 Å².